The van der Waals surface area contributed by atoms with Gasteiger partial charge in [-0.2, -0.15) is 5.10 Å². The van der Waals surface area contributed by atoms with Gasteiger partial charge in [0.25, 0.3) is 0 Å². The van der Waals surface area contributed by atoms with Crippen molar-refractivity contribution in [1.82, 2.24) is 9.78 Å². The van der Waals surface area contributed by atoms with E-state index in [9.17, 15) is 9.59 Å². The van der Waals surface area contributed by atoms with E-state index in [-0.39, 0.29) is 16.7 Å². The van der Waals surface area contributed by atoms with E-state index in [0.29, 0.717) is 12.8 Å². The number of carbonyl (C=O) groups excluding carboxylic acids is 2. The van der Waals surface area contributed by atoms with Gasteiger partial charge in [0.15, 0.2) is 11.2 Å². The molecule has 0 saturated heterocycles. The Kier molecular flexibility index (Phi) is 2.82. The quantitative estimate of drug-likeness (QED) is 0.756. The van der Waals surface area contributed by atoms with Crippen LogP contribution in [0.2, 0.25) is 5.02 Å². The molecule has 2 rings (SSSR count). The van der Waals surface area contributed by atoms with Crippen molar-refractivity contribution in [3.63, 3.8) is 0 Å². The van der Waals surface area contributed by atoms with E-state index in [0.717, 1.165) is 0 Å². The zero-order valence-corrected chi connectivity index (χ0v) is 10.2. The Morgan fingerprint density at radius 2 is 2.06 bits per heavy atom. The molecule has 0 aromatic carbocycles. The van der Waals surface area contributed by atoms with Crippen LogP contribution in [0.3, 0.4) is 0 Å². The second-order valence-electron chi connectivity index (χ2n) is 3.78. The Balaban J connectivity index is 2.36. The van der Waals surface area contributed by atoms with Gasteiger partial charge in [0.1, 0.15) is 0 Å². The van der Waals surface area contributed by atoms with Crippen LogP contribution in [0.5, 0.6) is 0 Å². The molecule has 1 fully saturated rings. The zero-order valence-electron chi connectivity index (χ0n) is 9.40. The molecule has 1 saturated carbocycles. The van der Waals surface area contributed by atoms with Gasteiger partial charge >= 0.3 is 11.9 Å². The number of carbonyl (C=O) groups is 2. The first kappa shape index (κ1) is 11.9. The van der Waals surface area contributed by atoms with Crippen LogP contribution in [0.25, 0.3) is 0 Å². The zero-order chi connectivity index (χ0) is 12.6. The van der Waals surface area contributed by atoms with E-state index < -0.39 is 11.5 Å². The molecular weight excluding hydrogens is 248 g/mol. The highest BCUT2D eigenvalue weighted by atomic mass is 35.5. The number of halogens is 1. The van der Waals surface area contributed by atoms with Crippen molar-refractivity contribution in [3.05, 3.63) is 16.9 Å². The summed E-state index contributed by atoms with van der Waals surface area (Å²) in [5.74, 6) is -1.01. The second-order valence-corrected chi connectivity index (χ2v) is 4.19. The minimum atomic E-state index is -0.801. The summed E-state index contributed by atoms with van der Waals surface area (Å²) in [5.41, 5.74) is -0.797. The first-order chi connectivity index (χ1) is 8.05. The molecule has 1 heterocycles. The average molecular weight is 259 g/mol. The second kappa shape index (κ2) is 4.03. The summed E-state index contributed by atoms with van der Waals surface area (Å²) in [7, 11) is 2.56. The molecular formula is C10H11ClN2O4. The highest BCUT2D eigenvalue weighted by Gasteiger charge is 2.54. The fourth-order valence-corrected chi connectivity index (χ4v) is 1.85. The van der Waals surface area contributed by atoms with Crippen LogP contribution < -0.4 is 0 Å². The van der Waals surface area contributed by atoms with Gasteiger partial charge in [0.2, 0.25) is 0 Å². The maximum Gasteiger partial charge on any atom is 0.360 e. The van der Waals surface area contributed by atoms with E-state index in [4.69, 9.17) is 16.3 Å². The first-order valence-electron chi connectivity index (χ1n) is 4.97. The highest BCUT2D eigenvalue weighted by molar-refractivity contribution is 6.33. The van der Waals surface area contributed by atoms with Crippen LogP contribution in [-0.2, 0) is 19.8 Å². The average Bonchev–Trinajstić information content (AvgIpc) is 3.06. The molecule has 17 heavy (non-hydrogen) atoms. The molecule has 6 nitrogen and oxygen atoms in total. The molecule has 1 aliphatic carbocycles. The number of ether oxygens (including phenoxy) is 2. The predicted molar refractivity (Wildman–Crippen MR) is 57.8 cm³/mol. The van der Waals surface area contributed by atoms with Crippen molar-refractivity contribution in [2.75, 3.05) is 14.2 Å². The lowest BCUT2D eigenvalue weighted by atomic mass is 10.3. The fourth-order valence-electron chi connectivity index (χ4n) is 1.64. The standard InChI is InChI=1S/C10H11ClN2O4/c1-16-8(14)7-6(11)5-13(12-7)10(3-4-10)9(15)17-2/h5H,3-4H2,1-2H3. The Morgan fingerprint density at radius 1 is 1.41 bits per heavy atom. The molecule has 1 aromatic heterocycles. The summed E-state index contributed by atoms with van der Waals surface area (Å²) in [6.07, 6.45) is 2.69. The van der Waals surface area contributed by atoms with Crippen molar-refractivity contribution in [2.24, 2.45) is 0 Å². The van der Waals surface area contributed by atoms with Crippen molar-refractivity contribution >= 4 is 23.5 Å². The smallest absolute Gasteiger partial charge is 0.360 e. The third kappa shape index (κ3) is 1.78. The van der Waals surface area contributed by atoms with Crippen molar-refractivity contribution < 1.29 is 19.1 Å². The van der Waals surface area contributed by atoms with Gasteiger partial charge in [0, 0.05) is 6.20 Å². The monoisotopic (exact) mass is 258 g/mol. The third-order valence-corrected chi connectivity index (χ3v) is 3.05. The molecule has 0 unspecified atom stereocenters. The summed E-state index contributed by atoms with van der Waals surface area (Å²) in [4.78, 5) is 22.9. The molecule has 0 amide bonds. The molecule has 0 spiro atoms. The normalized spacial score (nSPS) is 16.4. The van der Waals surface area contributed by atoms with Gasteiger partial charge in [-0.15, -0.1) is 0 Å². The van der Waals surface area contributed by atoms with Gasteiger partial charge < -0.3 is 9.47 Å². The van der Waals surface area contributed by atoms with Gasteiger partial charge in [-0.1, -0.05) is 11.6 Å². The fraction of sp³-hybridized carbons (Fsp3) is 0.500. The van der Waals surface area contributed by atoms with Crippen LogP contribution in [0.4, 0.5) is 0 Å². The summed E-state index contributed by atoms with van der Waals surface area (Å²) in [6.45, 7) is 0. The van der Waals surface area contributed by atoms with E-state index in [1.54, 1.807) is 0 Å². The van der Waals surface area contributed by atoms with Gasteiger partial charge in [-0.3, -0.25) is 4.68 Å². The number of hydrogen-bond acceptors (Lipinski definition) is 5. The largest absolute Gasteiger partial charge is 0.467 e. The number of esters is 2. The number of hydrogen-bond donors (Lipinski definition) is 0. The Labute approximate surface area is 102 Å². The molecule has 0 N–H and O–H groups in total. The van der Waals surface area contributed by atoms with E-state index in [1.807, 2.05) is 0 Å². The summed E-state index contributed by atoms with van der Waals surface area (Å²) in [5, 5.41) is 4.15. The number of methoxy groups -OCH3 is 2. The van der Waals surface area contributed by atoms with E-state index in [2.05, 4.69) is 9.84 Å². The topological polar surface area (TPSA) is 70.4 Å². The van der Waals surface area contributed by atoms with Crippen LogP contribution in [0.1, 0.15) is 23.3 Å². The highest BCUT2D eigenvalue weighted by Crippen LogP contribution is 2.44. The van der Waals surface area contributed by atoms with Gasteiger partial charge in [0.05, 0.1) is 19.2 Å². The summed E-state index contributed by atoms with van der Waals surface area (Å²) >= 11 is 5.86. The summed E-state index contributed by atoms with van der Waals surface area (Å²) in [6, 6.07) is 0. The lowest BCUT2D eigenvalue weighted by Crippen LogP contribution is -2.29. The van der Waals surface area contributed by atoms with Crippen LogP contribution in [-0.4, -0.2) is 35.9 Å². The minimum absolute atomic E-state index is 0.00402. The van der Waals surface area contributed by atoms with Crippen LogP contribution in [0, 0.1) is 0 Å². The Hall–Kier alpha value is -1.56. The number of rotatable bonds is 3. The third-order valence-electron chi connectivity index (χ3n) is 2.78. The lowest BCUT2D eigenvalue weighted by molar-refractivity contribution is -0.146. The van der Waals surface area contributed by atoms with Crippen molar-refractivity contribution in [3.8, 4) is 0 Å². The molecule has 1 aromatic rings. The summed E-state index contributed by atoms with van der Waals surface area (Å²) < 4.78 is 10.6. The SMILES string of the molecule is COC(=O)c1nn(C2(C(=O)OC)CC2)cc1Cl. The molecule has 0 bridgehead atoms. The molecule has 92 valence electrons. The lowest BCUT2D eigenvalue weighted by Gasteiger charge is -2.12. The number of nitrogens with zero attached hydrogens (tertiary/aromatic N) is 2. The first-order valence-corrected chi connectivity index (χ1v) is 5.35. The van der Waals surface area contributed by atoms with Crippen molar-refractivity contribution in [2.45, 2.75) is 18.4 Å². The molecule has 0 aliphatic heterocycles. The number of aromatic nitrogens is 2. The Morgan fingerprint density at radius 3 is 2.53 bits per heavy atom. The van der Waals surface area contributed by atoms with E-state index in [1.165, 1.54) is 25.1 Å². The Bertz CT molecular complexity index is 479. The van der Waals surface area contributed by atoms with E-state index >= 15 is 0 Å². The van der Waals surface area contributed by atoms with Gasteiger partial charge in [-0.25, -0.2) is 9.59 Å². The predicted octanol–water partition coefficient (Wildman–Crippen LogP) is 0.985. The molecule has 7 heteroatoms. The molecule has 1 aliphatic rings. The maximum atomic E-state index is 11.6. The molecule has 0 atom stereocenters. The van der Waals surface area contributed by atoms with Crippen LogP contribution in [0.15, 0.2) is 6.20 Å². The van der Waals surface area contributed by atoms with Crippen LogP contribution >= 0.6 is 11.6 Å². The van der Waals surface area contributed by atoms with Gasteiger partial charge in [-0.05, 0) is 12.8 Å². The molecule has 0 radical (unpaired) electrons. The minimum Gasteiger partial charge on any atom is -0.467 e. The maximum absolute atomic E-state index is 11.6. The van der Waals surface area contributed by atoms with Crippen molar-refractivity contribution in [1.29, 1.82) is 0 Å².